The van der Waals surface area contributed by atoms with Gasteiger partial charge in [-0.2, -0.15) is 0 Å². The third-order valence-electron chi connectivity index (χ3n) is 5.12. The monoisotopic (exact) mass is 388 g/mol. The number of fused-ring (bicyclic) bond motifs is 1. The van der Waals surface area contributed by atoms with Crippen LogP contribution in [0.1, 0.15) is 40.1 Å². The van der Waals surface area contributed by atoms with E-state index in [2.05, 4.69) is 5.32 Å². The van der Waals surface area contributed by atoms with Gasteiger partial charge in [-0.05, 0) is 37.6 Å². The average molecular weight is 388 g/mol. The minimum Gasteiger partial charge on any atom is -0.504 e. The molecule has 0 aromatic heterocycles. The molecule has 1 aliphatic heterocycles. The number of anilines is 1. The van der Waals surface area contributed by atoms with Gasteiger partial charge < -0.3 is 20.1 Å². The maximum Gasteiger partial charge on any atom is 0.258 e. The number of phenols is 1. The van der Waals surface area contributed by atoms with Crippen LogP contribution in [0.4, 0.5) is 5.69 Å². The molecule has 1 amide bonds. The predicted molar refractivity (Wildman–Crippen MR) is 113 cm³/mol. The van der Waals surface area contributed by atoms with E-state index in [0.29, 0.717) is 30.0 Å². The summed E-state index contributed by atoms with van der Waals surface area (Å²) >= 11 is 0. The molecule has 148 valence electrons. The molecule has 29 heavy (non-hydrogen) atoms. The van der Waals surface area contributed by atoms with Crippen LogP contribution in [0.3, 0.4) is 0 Å². The molecule has 3 aromatic carbocycles. The van der Waals surface area contributed by atoms with E-state index < -0.39 is 6.17 Å². The number of amides is 1. The van der Waals surface area contributed by atoms with Crippen molar-refractivity contribution in [1.29, 1.82) is 0 Å². The Labute approximate surface area is 170 Å². The topological polar surface area (TPSA) is 61.8 Å². The third-order valence-corrected chi connectivity index (χ3v) is 5.12. The van der Waals surface area contributed by atoms with Gasteiger partial charge in [0.25, 0.3) is 5.91 Å². The first-order valence-corrected chi connectivity index (χ1v) is 9.75. The fourth-order valence-electron chi connectivity index (χ4n) is 3.62. The lowest BCUT2D eigenvalue weighted by molar-refractivity contribution is 0.0664. The number of benzene rings is 3. The number of nitrogens with one attached hydrogen (secondary N) is 1. The highest BCUT2D eigenvalue weighted by molar-refractivity contribution is 6.01. The lowest BCUT2D eigenvalue weighted by atomic mass is 10.0. The van der Waals surface area contributed by atoms with Gasteiger partial charge in [0, 0.05) is 17.8 Å². The summed E-state index contributed by atoms with van der Waals surface area (Å²) in [6, 6.07) is 20.9. The van der Waals surface area contributed by atoms with Gasteiger partial charge in [0.05, 0.1) is 12.2 Å². The molecule has 0 bridgehead atoms. The maximum absolute atomic E-state index is 13.4. The number of para-hydroxylation sites is 2. The number of hydrogen-bond acceptors (Lipinski definition) is 4. The molecule has 0 aliphatic carbocycles. The van der Waals surface area contributed by atoms with E-state index in [9.17, 15) is 9.90 Å². The summed E-state index contributed by atoms with van der Waals surface area (Å²) in [5.74, 6) is 0.382. The molecule has 2 N–H and O–H groups in total. The molecule has 5 heteroatoms. The molecule has 0 saturated carbocycles. The first kappa shape index (κ1) is 18.9. The van der Waals surface area contributed by atoms with Crippen LogP contribution in [0.15, 0.2) is 66.7 Å². The summed E-state index contributed by atoms with van der Waals surface area (Å²) in [6.07, 6.45) is -0.515. The molecule has 1 heterocycles. The number of hydrogen-bond donors (Lipinski definition) is 2. The van der Waals surface area contributed by atoms with Gasteiger partial charge in [0.15, 0.2) is 11.5 Å². The van der Waals surface area contributed by atoms with Crippen LogP contribution in [0.2, 0.25) is 0 Å². The Kier molecular flexibility index (Phi) is 5.12. The maximum atomic E-state index is 13.4. The number of aryl methyl sites for hydroxylation is 1. The minimum atomic E-state index is -0.515. The zero-order valence-corrected chi connectivity index (χ0v) is 16.6. The Balaban J connectivity index is 1.78. The molecule has 1 atom stereocenters. The number of carbonyl (C=O) groups is 1. The fraction of sp³-hybridized carbons (Fsp3) is 0.208. The number of phenolic OH excluding ortho intramolecular Hbond substituents is 1. The van der Waals surface area contributed by atoms with Crippen LogP contribution in [0.5, 0.6) is 11.5 Å². The Morgan fingerprint density at radius 1 is 1.03 bits per heavy atom. The highest BCUT2D eigenvalue weighted by atomic mass is 16.5. The standard InChI is InChI=1S/C24H24N2O3/c1-3-29-21-10-6-8-19(22(21)27)23-25-20-9-5-4-7-18(20)24(28)26(23)15-17-13-11-16(2)12-14-17/h4-14,23,25,27H,3,15H2,1-2H3/t23-/m0/s1. The minimum absolute atomic E-state index is 0.0490. The van der Waals surface area contributed by atoms with E-state index in [1.54, 1.807) is 11.0 Å². The Morgan fingerprint density at radius 2 is 1.79 bits per heavy atom. The Bertz CT molecular complexity index is 1030. The normalized spacial score (nSPS) is 15.6. The average Bonchev–Trinajstić information content (AvgIpc) is 2.73. The predicted octanol–water partition coefficient (Wildman–Crippen LogP) is 4.87. The molecule has 0 radical (unpaired) electrons. The van der Waals surface area contributed by atoms with Crippen molar-refractivity contribution in [3.05, 3.63) is 89.0 Å². The van der Waals surface area contributed by atoms with E-state index in [4.69, 9.17) is 4.74 Å². The summed E-state index contributed by atoms with van der Waals surface area (Å²) < 4.78 is 5.55. The van der Waals surface area contributed by atoms with Crippen LogP contribution in [-0.2, 0) is 6.54 Å². The first-order valence-electron chi connectivity index (χ1n) is 9.75. The molecule has 1 aliphatic rings. The van der Waals surface area contributed by atoms with Crippen LogP contribution in [-0.4, -0.2) is 22.5 Å². The molecular weight excluding hydrogens is 364 g/mol. The second-order valence-corrected chi connectivity index (χ2v) is 7.14. The molecule has 4 rings (SSSR count). The summed E-state index contributed by atoms with van der Waals surface area (Å²) in [7, 11) is 0. The van der Waals surface area contributed by atoms with E-state index >= 15 is 0 Å². The Morgan fingerprint density at radius 3 is 2.55 bits per heavy atom. The highest BCUT2D eigenvalue weighted by Crippen LogP contribution is 2.40. The molecule has 5 nitrogen and oxygen atoms in total. The van der Waals surface area contributed by atoms with Gasteiger partial charge >= 0.3 is 0 Å². The molecule has 0 spiro atoms. The molecule has 3 aromatic rings. The lowest BCUT2D eigenvalue weighted by Crippen LogP contribution is -2.42. The molecule has 0 saturated heterocycles. The van der Waals surface area contributed by atoms with Crippen molar-refractivity contribution in [2.45, 2.75) is 26.6 Å². The fourth-order valence-corrected chi connectivity index (χ4v) is 3.62. The van der Waals surface area contributed by atoms with Crippen LogP contribution < -0.4 is 10.1 Å². The summed E-state index contributed by atoms with van der Waals surface area (Å²) in [6.45, 7) is 4.77. The highest BCUT2D eigenvalue weighted by Gasteiger charge is 2.34. The van der Waals surface area contributed by atoms with Crippen molar-refractivity contribution in [2.24, 2.45) is 0 Å². The number of ether oxygens (including phenoxy) is 1. The second kappa shape index (κ2) is 7.87. The number of nitrogens with zero attached hydrogens (tertiary/aromatic N) is 1. The van der Waals surface area contributed by atoms with Crippen LogP contribution in [0, 0.1) is 6.92 Å². The molecule has 0 unspecified atom stereocenters. The smallest absolute Gasteiger partial charge is 0.258 e. The van der Waals surface area contributed by atoms with E-state index in [1.165, 1.54) is 5.56 Å². The van der Waals surface area contributed by atoms with Gasteiger partial charge in [0.1, 0.15) is 6.17 Å². The zero-order valence-electron chi connectivity index (χ0n) is 16.6. The second-order valence-electron chi connectivity index (χ2n) is 7.14. The van der Waals surface area contributed by atoms with Gasteiger partial charge in [-0.25, -0.2) is 0 Å². The van der Waals surface area contributed by atoms with Gasteiger partial charge in [0.2, 0.25) is 0 Å². The van der Waals surface area contributed by atoms with Crippen LogP contribution in [0.25, 0.3) is 0 Å². The molecular formula is C24H24N2O3. The number of rotatable bonds is 5. The first-order chi connectivity index (χ1) is 14.1. The SMILES string of the molecule is CCOc1cccc([C@H]2Nc3ccccc3C(=O)N2Cc2ccc(C)cc2)c1O. The quantitative estimate of drug-likeness (QED) is 0.655. The van der Waals surface area contributed by atoms with Gasteiger partial charge in [-0.3, -0.25) is 4.79 Å². The van der Waals surface area contributed by atoms with E-state index in [1.807, 2.05) is 74.5 Å². The van der Waals surface area contributed by atoms with E-state index in [-0.39, 0.29) is 11.7 Å². The van der Waals surface area contributed by atoms with Crippen molar-refractivity contribution >= 4 is 11.6 Å². The van der Waals surface area contributed by atoms with Crippen molar-refractivity contribution < 1.29 is 14.6 Å². The van der Waals surface area contributed by atoms with Crippen molar-refractivity contribution in [2.75, 3.05) is 11.9 Å². The molecule has 0 fully saturated rings. The van der Waals surface area contributed by atoms with Crippen molar-refractivity contribution in [1.82, 2.24) is 4.90 Å². The zero-order chi connectivity index (χ0) is 20.4. The summed E-state index contributed by atoms with van der Waals surface area (Å²) in [4.78, 5) is 15.1. The summed E-state index contributed by atoms with van der Waals surface area (Å²) in [5, 5.41) is 14.2. The lowest BCUT2D eigenvalue weighted by Gasteiger charge is -2.38. The number of carbonyl (C=O) groups excluding carboxylic acids is 1. The van der Waals surface area contributed by atoms with E-state index in [0.717, 1.165) is 11.3 Å². The van der Waals surface area contributed by atoms with Crippen LogP contribution >= 0.6 is 0 Å². The van der Waals surface area contributed by atoms with Gasteiger partial charge in [-0.1, -0.05) is 54.1 Å². The van der Waals surface area contributed by atoms with Gasteiger partial charge in [-0.15, -0.1) is 0 Å². The van der Waals surface area contributed by atoms with Crippen molar-refractivity contribution in [3.8, 4) is 11.5 Å². The summed E-state index contributed by atoms with van der Waals surface area (Å²) in [5.41, 5.74) is 4.17. The Hall–Kier alpha value is -3.47. The number of aromatic hydroxyl groups is 1. The third kappa shape index (κ3) is 3.63. The van der Waals surface area contributed by atoms with Crippen molar-refractivity contribution in [3.63, 3.8) is 0 Å². The largest absolute Gasteiger partial charge is 0.504 e.